The van der Waals surface area contributed by atoms with E-state index in [0.717, 1.165) is 11.3 Å². The molecule has 0 aromatic heterocycles. The third kappa shape index (κ3) is 3.22. The molecule has 0 fully saturated rings. The van der Waals surface area contributed by atoms with Crippen molar-refractivity contribution in [3.63, 3.8) is 0 Å². The molecule has 15 heavy (non-hydrogen) atoms. The zero-order valence-electron chi connectivity index (χ0n) is 9.43. The van der Waals surface area contributed by atoms with Gasteiger partial charge in [0.1, 0.15) is 11.9 Å². The van der Waals surface area contributed by atoms with Crippen molar-refractivity contribution in [2.45, 2.75) is 26.1 Å². The van der Waals surface area contributed by atoms with Crippen LogP contribution in [0, 0.1) is 0 Å². The van der Waals surface area contributed by atoms with Gasteiger partial charge >= 0.3 is 0 Å². The Bertz CT molecular complexity index is 281. The average Bonchev–Trinajstić information content (AvgIpc) is 2.28. The van der Waals surface area contributed by atoms with Crippen molar-refractivity contribution >= 4 is 0 Å². The van der Waals surface area contributed by atoms with Crippen LogP contribution in [-0.2, 0) is 4.74 Å². The van der Waals surface area contributed by atoms with Gasteiger partial charge in [-0.15, -0.1) is 0 Å². The monoisotopic (exact) mass is 210 g/mol. The minimum Gasteiger partial charge on any atom is -0.497 e. The van der Waals surface area contributed by atoms with Gasteiger partial charge in [0, 0.05) is 6.61 Å². The second-order valence-corrected chi connectivity index (χ2v) is 3.38. The maximum absolute atomic E-state index is 9.92. The summed E-state index contributed by atoms with van der Waals surface area (Å²) in [6.07, 6.45) is -0.778. The van der Waals surface area contributed by atoms with E-state index < -0.39 is 6.10 Å². The average molecular weight is 210 g/mol. The fourth-order valence-corrected chi connectivity index (χ4v) is 1.43. The van der Waals surface area contributed by atoms with Crippen molar-refractivity contribution in [3.05, 3.63) is 29.8 Å². The quantitative estimate of drug-likeness (QED) is 0.809. The first-order valence-corrected chi connectivity index (χ1v) is 5.12. The Morgan fingerprint density at radius 3 is 2.33 bits per heavy atom. The molecule has 3 heteroatoms. The first-order chi connectivity index (χ1) is 7.19. The van der Waals surface area contributed by atoms with Gasteiger partial charge in [-0.3, -0.25) is 0 Å². The summed E-state index contributed by atoms with van der Waals surface area (Å²) in [4.78, 5) is 0. The van der Waals surface area contributed by atoms with Crippen LogP contribution in [0.2, 0.25) is 0 Å². The van der Waals surface area contributed by atoms with Gasteiger partial charge in [0.25, 0.3) is 0 Å². The van der Waals surface area contributed by atoms with E-state index in [1.807, 2.05) is 38.1 Å². The highest BCUT2D eigenvalue weighted by Crippen LogP contribution is 2.21. The largest absolute Gasteiger partial charge is 0.497 e. The van der Waals surface area contributed by atoms with E-state index in [2.05, 4.69) is 0 Å². The molecule has 0 saturated heterocycles. The number of methoxy groups -OCH3 is 1. The lowest BCUT2D eigenvalue weighted by atomic mass is 10.1. The number of benzene rings is 1. The molecule has 0 aliphatic carbocycles. The molecule has 1 rings (SSSR count). The van der Waals surface area contributed by atoms with Gasteiger partial charge in [0.15, 0.2) is 0 Å². The number of aliphatic hydroxyl groups is 1. The molecule has 1 N–H and O–H groups in total. The molecule has 0 heterocycles. The van der Waals surface area contributed by atoms with Crippen LogP contribution >= 0.6 is 0 Å². The maximum atomic E-state index is 9.92. The smallest absolute Gasteiger partial charge is 0.118 e. The summed E-state index contributed by atoms with van der Waals surface area (Å²) in [6, 6.07) is 7.35. The van der Waals surface area contributed by atoms with Crippen molar-refractivity contribution in [1.29, 1.82) is 0 Å². The van der Waals surface area contributed by atoms with Crippen LogP contribution in [-0.4, -0.2) is 24.9 Å². The lowest BCUT2D eigenvalue weighted by molar-refractivity contribution is -0.0227. The fraction of sp³-hybridized carbons (Fsp3) is 0.500. The first-order valence-electron chi connectivity index (χ1n) is 5.12. The number of ether oxygens (including phenoxy) is 2. The summed E-state index contributed by atoms with van der Waals surface area (Å²) in [7, 11) is 1.62. The molecule has 0 spiro atoms. The maximum Gasteiger partial charge on any atom is 0.118 e. The van der Waals surface area contributed by atoms with Crippen LogP contribution < -0.4 is 4.74 Å². The molecule has 2 unspecified atom stereocenters. The van der Waals surface area contributed by atoms with E-state index in [1.165, 1.54) is 0 Å². The van der Waals surface area contributed by atoms with Crippen LogP contribution in [0.25, 0.3) is 0 Å². The Hall–Kier alpha value is -1.06. The summed E-state index contributed by atoms with van der Waals surface area (Å²) in [5.41, 5.74) is 0.844. The second kappa shape index (κ2) is 5.73. The minimum absolute atomic E-state index is 0.191. The molecular formula is C12H18O3. The summed E-state index contributed by atoms with van der Waals surface area (Å²) in [5.74, 6) is 0.787. The highest BCUT2D eigenvalue weighted by Gasteiger charge is 2.15. The van der Waals surface area contributed by atoms with Gasteiger partial charge in [-0.05, 0) is 31.5 Å². The van der Waals surface area contributed by atoms with E-state index in [-0.39, 0.29) is 6.10 Å². The molecule has 0 aliphatic heterocycles. The zero-order valence-corrected chi connectivity index (χ0v) is 9.43. The van der Waals surface area contributed by atoms with Gasteiger partial charge in [0.2, 0.25) is 0 Å². The Kier molecular flexibility index (Phi) is 4.59. The normalized spacial score (nSPS) is 14.7. The Morgan fingerprint density at radius 1 is 1.27 bits per heavy atom. The second-order valence-electron chi connectivity index (χ2n) is 3.38. The molecule has 3 nitrogen and oxygen atoms in total. The molecular weight excluding hydrogens is 192 g/mol. The third-order valence-corrected chi connectivity index (χ3v) is 2.33. The van der Waals surface area contributed by atoms with Gasteiger partial charge in [0.05, 0.1) is 13.2 Å². The van der Waals surface area contributed by atoms with Crippen molar-refractivity contribution in [1.82, 2.24) is 0 Å². The van der Waals surface area contributed by atoms with Crippen LogP contribution in [0.4, 0.5) is 0 Å². The van der Waals surface area contributed by atoms with Crippen LogP contribution in [0.3, 0.4) is 0 Å². The van der Waals surface area contributed by atoms with Crippen molar-refractivity contribution < 1.29 is 14.6 Å². The summed E-state index contributed by atoms with van der Waals surface area (Å²) >= 11 is 0. The molecule has 0 radical (unpaired) electrons. The first kappa shape index (κ1) is 12.0. The van der Waals surface area contributed by atoms with E-state index >= 15 is 0 Å². The van der Waals surface area contributed by atoms with Crippen molar-refractivity contribution in [2.75, 3.05) is 13.7 Å². The molecule has 0 aliphatic rings. The molecule has 0 saturated carbocycles. The minimum atomic E-state index is -0.587. The van der Waals surface area contributed by atoms with Crippen molar-refractivity contribution in [3.8, 4) is 5.75 Å². The molecule has 84 valence electrons. The molecule has 1 aromatic carbocycles. The van der Waals surface area contributed by atoms with E-state index in [9.17, 15) is 5.11 Å². The predicted molar refractivity (Wildman–Crippen MR) is 59.0 cm³/mol. The summed E-state index contributed by atoms with van der Waals surface area (Å²) < 4.78 is 10.4. The van der Waals surface area contributed by atoms with E-state index in [1.54, 1.807) is 7.11 Å². The summed E-state index contributed by atoms with van der Waals surface area (Å²) in [5, 5.41) is 9.92. The van der Waals surface area contributed by atoms with Gasteiger partial charge in [-0.25, -0.2) is 0 Å². The molecule has 1 aromatic rings. The lowest BCUT2D eigenvalue weighted by Gasteiger charge is -2.19. The Morgan fingerprint density at radius 2 is 1.87 bits per heavy atom. The van der Waals surface area contributed by atoms with Gasteiger partial charge in [-0.2, -0.15) is 0 Å². The van der Waals surface area contributed by atoms with E-state index in [0.29, 0.717) is 6.61 Å². The molecule has 0 bridgehead atoms. The zero-order chi connectivity index (χ0) is 11.3. The predicted octanol–water partition coefficient (Wildman–Crippen LogP) is 2.15. The highest BCUT2D eigenvalue weighted by atomic mass is 16.5. The standard InChI is InChI=1S/C12H18O3/c1-4-15-9(2)12(13)10-5-7-11(14-3)8-6-10/h5-9,12-13H,4H2,1-3H3. The van der Waals surface area contributed by atoms with Crippen LogP contribution in [0.5, 0.6) is 5.75 Å². The highest BCUT2D eigenvalue weighted by molar-refractivity contribution is 5.28. The van der Waals surface area contributed by atoms with Crippen LogP contribution in [0.1, 0.15) is 25.5 Å². The van der Waals surface area contributed by atoms with Gasteiger partial charge < -0.3 is 14.6 Å². The third-order valence-electron chi connectivity index (χ3n) is 2.33. The lowest BCUT2D eigenvalue weighted by Crippen LogP contribution is -2.18. The number of rotatable bonds is 5. The molecule has 2 atom stereocenters. The summed E-state index contributed by atoms with van der Waals surface area (Å²) in [6.45, 7) is 4.38. The SMILES string of the molecule is CCOC(C)C(O)c1ccc(OC)cc1. The number of hydrogen-bond acceptors (Lipinski definition) is 3. The fourth-order valence-electron chi connectivity index (χ4n) is 1.43. The Balaban J connectivity index is 2.69. The Labute approximate surface area is 90.6 Å². The van der Waals surface area contributed by atoms with Crippen molar-refractivity contribution in [2.24, 2.45) is 0 Å². The topological polar surface area (TPSA) is 38.7 Å². The van der Waals surface area contributed by atoms with Gasteiger partial charge in [-0.1, -0.05) is 12.1 Å². The molecule has 0 amide bonds. The number of hydrogen-bond donors (Lipinski definition) is 1. The van der Waals surface area contributed by atoms with Crippen LogP contribution in [0.15, 0.2) is 24.3 Å². The number of aliphatic hydroxyl groups excluding tert-OH is 1. The van der Waals surface area contributed by atoms with E-state index in [4.69, 9.17) is 9.47 Å².